The summed E-state index contributed by atoms with van der Waals surface area (Å²) in [6.07, 6.45) is 2.94. The minimum absolute atomic E-state index is 0.0128. The van der Waals surface area contributed by atoms with Crippen LogP contribution in [-0.4, -0.2) is 40.8 Å². The van der Waals surface area contributed by atoms with Crippen LogP contribution in [0.25, 0.3) is 0 Å². The van der Waals surface area contributed by atoms with E-state index in [1.807, 2.05) is 45.0 Å². The van der Waals surface area contributed by atoms with Gasteiger partial charge in [0, 0.05) is 37.8 Å². The molecule has 33 heavy (non-hydrogen) atoms. The van der Waals surface area contributed by atoms with Crippen molar-refractivity contribution in [1.82, 2.24) is 14.3 Å². The number of Topliss-reactive ketones (excluding diaryl/α,β-unsaturated/α-hetero) is 1. The highest BCUT2D eigenvalue weighted by atomic mass is 32.2. The van der Waals surface area contributed by atoms with Gasteiger partial charge >= 0.3 is 0 Å². The van der Waals surface area contributed by atoms with Gasteiger partial charge in [0.25, 0.3) is 5.56 Å². The monoisotopic (exact) mass is 469 g/mol. The number of carbonyl (C=O) groups excluding carboxylic acids is 1. The van der Waals surface area contributed by atoms with Crippen molar-refractivity contribution in [1.29, 1.82) is 0 Å². The molecule has 0 spiro atoms. The molecule has 7 nitrogen and oxygen atoms in total. The first-order chi connectivity index (χ1) is 15.5. The Labute approximate surface area is 194 Å². The minimum Gasteiger partial charge on any atom is -0.310 e. The number of benzene rings is 1. The van der Waals surface area contributed by atoms with Crippen LogP contribution in [0.4, 0.5) is 0 Å². The number of fused-ring (bicyclic) bond motifs is 3. The third-order valence-corrected chi connectivity index (χ3v) is 10.5. The fourth-order valence-electron chi connectivity index (χ4n) is 6.18. The van der Waals surface area contributed by atoms with E-state index in [2.05, 4.69) is 9.97 Å². The quantitative estimate of drug-likeness (QED) is 0.726. The third-order valence-electron chi connectivity index (χ3n) is 8.54. The SMILES string of the molecule is Cc1ccc(Cc2nc3c(c(=O)[nH]2)CN(S(=O)(=O)CC24CCC(CC2=O)C4(C)C)CC3)cc1. The van der Waals surface area contributed by atoms with E-state index in [-0.39, 0.29) is 41.5 Å². The van der Waals surface area contributed by atoms with E-state index in [1.165, 1.54) is 9.87 Å². The zero-order valence-corrected chi connectivity index (χ0v) is 20.3. The molecule has 0 radical (unpaired) electrons. The van der Waals surface area contributed by atoms with Crippen molar-refractivity contribution in [2.24, 2.45) is 16.7 Å². The van der Waals surface area contributed by atoms with E-state index in [9.17, 15) is 18.0 Å². The molecular weight excluding hydrogens is 438 g/mol. The average molecular weight is 470 g/mol. The molecule has 2 bridgehead atoms. The van der Waals surface area contributed by atoms with Gasteiger partial charge in [-0.25, -0.2) is 13.4 Å². The Morgan fingerprint density at radius 1 is 1.18 bits per heavy atom. The molecule has 3 aliphatic rings. The first-order valence-corrected chi connectivity index (χ1v) is 13.3. The Bertz CT molecular complexity index is 1280. The molecule has 1 aromatic carbocycles. The number of hydrogen-bond acceptors (Lipinski definition) is 5. The first-order valence-electron chi connectivity index (χ1n) is 11.7. The summed E-state index contributed by atoms with van der Waals surface area (Å²) in [5.74, 6) is 0.786. The molecule has 1 N–H and O–H groups in total. The van der Waals surface area contributed by atoms with Gasteiger partial charge in [0.05, 0.1) is 17.0 Å². The molecule has 2 aliphatic carbocycles. The van der Waals surface area contributed by atoms with Gasteiger partial charge < -0.3 is 4.98 Å². The van der Waals surface area contributed by atoms with Gasteiger partial charge in [-0.2, -0.15) is 4.31 Å². The number of carbonyl (C=O) groups is 1. The maximum absolute atomic E-state index is 13.5. The van der Waals surface area contributed by atoms with Gasteiger partial charge in [-0.15, -0.1) is 0 Å². The Morgan fingerprint density at radius 3 is 2.55 bits per heavy atom. The Balaban J connectivity index is 1.37. The summed E-state index contributed by atoms with van der Waals surface area (Å²) in [5, 5.41) is 0. The number of aryl methyl sites for hydroxylation is 1. The van der Waals surface area contributed by atoms with Gasteiger partial charge in [0.2, 0.25) is 10.0 Å². The number of hydrogen-bond donors (Lipinski definition) is 1. The van der Waals surface area contributed by atoms with Crippen molar-refractivity contribution >= 4 is 15.8 Å². The number of nitrogens with zero attached hydrogens (tertiary/aromatic N) is 2. The molecule has 2 atom stereocenters. The van der Waals surface area contributed by atoms with Crippen molar-refractivity contribution in [3.63, 3.8) is 0 Å². The Hall–Kier alpha value is -2.32. The van der Waals surface area contributed by atoms with Crippen molar-refractivity contribution < 1.29 is 13.2 Å². The number of sulfonamides is 1. The van der Waals surface area contributed by atoms with Crippen LogP contribution in [0.1, 0.15) is 61.3 Å². The molecule has 2 heterocycles. The molecule has 1 aromatic heterocycles. The molecule has 2 saturated carbocycles. The topological polar surface area (TPSA) is 100 Å². The van der Waals surface area contributed by atoms with Crippen LogP contribution in [0, 0.1) is 23.7 Å². The van der Waals surface area contributed by atoms with Crippen LogP contribution < -0.4 is 5.56 Å². The van der Waals surface area contributed by atoms with Gasteiger partial charge in [0.15, 0.2) is 0 Å². The van der Waals surface area contributed by atoms with Crippen molar-refractivity contribution in [3.05, 3.63) is 62.8 Å². The van der Waals surface area contributed by atoms with Crippen molar-refractivity contribution in [2.75, 3.05) is 12.3 Å². The zero-order chi connectivity index (χ0) is 23.6. The summed E-state index contributed by atoms with van der Waals surface area (Å²) in [6, 6.07) is 8.08. The van der Waals surface area contributed by atoms with Crippen LogP contribution >= 0.6 is 0 Å². The number of aromatic nitrogens is 2. The van der Waals surface area contributed by atoms with Crippen LogP contribution in [-0.2, 0) is 34.2 Å². The summed E-state index contributed by atoms with van der Waals surface area (Å²) in [4.78, 5) is 33.2. The molecule has 176 valence electrons. The standard InChI is InChI=1S/C25H31N3O4S/c1-16-4-6-17(7-5-16)12-22-26-20-9-11-28(14-19(20)23(30)27-22)33(31,32)15-25-10-8-18(13-21(25)29)24(25,2)3/h4-7,18H,8-15H2,1-3H3,(H,26,27,30). The highest BCUT2D eigenvalue weighted by molar-refractivity contribution is 7.89. The second-order valence-corrected chi connectivity index (χ2v) is 12.6. The molecular formula is C25H31N3O4S. The Morgan fingerprint density at radius 2 is 1.91 bits per heavy atom. The molecule has 0 amide bonds. The molecule has 5 rings (SSSR count). The number of nitrogens with one attached hydrogen (secondary N) is 1. The van der Waals surface area contributed by atoms with Crippen LogP contribution in [0.2, 0.25) is 0 Å². The van der Waals surface area contributed by atoms with Crippen LogP contribution in [0.5, 0.6) is 0 Å². The molecule has 2 aromatic rings. The third kappa shape index (κ3) is 3.58. The highest BCUT2D eigenvalue weighted by Crippen LogP contribution is 2.64. The van der Waals surface area contributed by atoms with E-state index in [4.69, 9.17) is 0 Å². The predicted molar refractivity (Wildman–Crippen MR) is 125 cm³/mol. The summed E-state index contributed by atoms with van der Waals surface area (Å²) in [6.45, 7) is 6.40. The number of aromatic amines is 1. The Kier molecular flexibility index (Phi) is 5.17. The molecule has 2 fully saturated rings. The largest absolute Gasteiger partial charge is 0.310 e. The van der Waals surface area contributed by atoms with Crippen molar-refractivity contribution in [3.8, 4) is 0 Å². The fraction of sp³-hybridized carbons (Fsp3) is 0.560. The lowest BCUT2D eigenvalue weighted by Crippen LogP contribution is -2.48. The molecule has 1 aliphatic heterocycles. The van der Waals surface area contributed by atoms with E-state index in [0.29, 0.717) is 42.8 Å². The highest BCUT2D eigenvalue weighted by Gasteiger charge is 2.65. The van der Waals surface area contributed by atoms with Gasteiger partial charge in [-0.1, -0.05) is 43.7 Å². The lowest BCUT2D eigenvalue weighted by atomic mass is 9.70. The second kappa shape index (κ2) is 7.60. The second-order valence-electron chi connectivity index (χ2n) is 10.6. The van der Waals surface area contributed by atoms with E-state index in [0.717, 1.165) is 12.0 Å². The maximum Gasteiger partial charge on any atom is 0.255 e. The van der Waals surface area contributed by atoms with Crippen molar-refractivity contribution in [2.45, 2.75) is 59.4 Å². The van der Waals surface area contributed by atoms with E-state index >= 15 is 0 Å². The lowest BCUT2D eigenvalue weighted by Gasteiger charge is -2.38. The summed E-state index contributed by atoms with van der Waals surface area (Å²) in [7, 11) is -3.70. The van der Waals surface area contributed by atoms with Crippen LogP contribution in [0.15, 0.2) is 29.1 Å². The molecule has 8 heteroatoms. The predicted octanol–water partition coefficient (Wildman–Crippen LogP) is 2.75. The number of rotatable bonds is 5. The van der Waals surface area contributed by atoms with E-state index in [1.54, 1.807) is 0 Å². The summed E-state index contributed by atoms with van der Waals surface area (Å²) >= 11 is 0. The van der Waals surface area contributed by atoms with Gasteiger partial charge in [-0.3, -0.25) is 9.59 Å². The normalized spacial score (nSPS) is 26.5. The first kappa shape index (κ1) is 22.5. The zero-order valence-electron chi connectivity index (χ0n) is 19.5. The fourth-order valence-corrected chi connectivity index (χ4v) is 8.36. The average Bonchev–Trinajstić information content (AvgIpc) is 3.09. The number of H-pyrrole nitrogens is 1. The van der Waals surface area contributed by atoms with E-state index < -0.39 is 15.4 Å². The van der Waals surface area contributed by atoms with Crippen LogP contribution in [0.3, 0.4) is 0 Å². The summed E-state index contributed by atoms with van der Waals surface area (Å²) in [5.41, 5.74) is 1.91. The summed E-state index contributed by atoms with van der Waals surface area (Å²) < 4.78 is 28.3. The van der Waals surface area contributed by atoms with Gasteiger partial charge in [0.1, 0.15) is 11.6 Å². The maximum atomic E-state index is 13.5. The molecule has 2 unspecified atom stereocenters. The molecule has 0 saturated heterocycles. The lowest BCUT2D eigenvalue weighted by molar-refractivity contribution is -0.128. The minimum atomic E-state index is -3.70. The van der Waals surface area contributed by atoms with Gasteiger partial charge in [-0.05, 0) is 36.7 Å². The number of ketones is 1. The smallest absolute Gasteiger partial charge is 0.255 e.